The van der Waals surface area contributed by atoms with Crippen LogP contribution in [0.4, 0.5) is 0 Å². The second-order valence-electron chi connectivity index (χ2n) is 11.1. The van der Waals surface area contributed by atoms with E-state index in [0.29, 0.717) is 51.2 Å². The van der Waals surface area contributed by atoms with Crippen molar-refractivity contribution in [1.29, 1.82) is 0 Å². The van der Waals surface area contributed by atoms with Crippen LogP contribution in [-0.4, -0.2) is 101 Å². The van der Waals surface area contributed by atoms with Crippen LogP contribution in [0.15, 0.2) is 24.5 Å². The molecule has 1 aromatic rings. The SMILES string of the molecule is CC(C)(C)CC(=O)N(CC1CCCO1)C1CC(C(=O)N2CCNCC2)N(C(=O)c2cccnc2)C1. The second-order valence-corrected chi connectivity index (χ2v) is 11.1. The van der Waals surface area contributed by atoms with Gasteiger partial charge in [0.2, 0.25) is 11.8 Å². The molecule has 0 aliphatic carbocycles. The van der Waals surface area contributed by atoms with Gasteiger partial charge in [0.1, 0.15) is 6.04 Å². The van der Waals surface area contributed by atoms with Gasteiger partial charge in [-0.1, -0.05) is 20.8 Å². The number of rotatable bonds is 6. The molecular formula is C26H39N5O4. The number of aromatic nitrogens is 1. The molecule has 3 aliphatic rings. The van der Waals surface area contributed by atoms with E-state index in [9.17, 15) is 14.4 Å². The number of amides is 3. The second kappa shape index (κ2) is 11.0. The summed E-state index contributed by atoms with van der Waals surface area (Å²) in [6, 6.07) is 2.63. The van der Waals surface area contributed by atoms with Gasteiger partial charge in [0.05, 0.1) is 17.7 Å². The number of carbonyl (C=O) groups is 3. The molecule has 1 aromatic heterocycles. The molecule has 3 amide bonds. The molecule has 3 saturated heterocycles. The minimum Gasteiger partial charge on any atom is -0.376 e. The molecule has 3 unspecified atom stereocenters. The maximum absolute atomic E-state index is 13.6. The highest BCUT2D eigenvalue weighted by Gasteiger charge is 2.45. The molecule has 3 aliphatic heterocycles. The number of hydrogen-bond donors (Lipinski definition) is 1. The van der Waals surface area contributed by atoms with E-state index < -0.39 is 6.04 Å². The van der Waals surface area contributed by atoms with E-state index in [0.717, 1.165) is 25.9 Å². The first kappa shape index (κ1) is 25.6. The third-order valence-corrected chi connectivity index (χ3v) is 7.03. The fraction of sp³-hybridized carbons (Fsp3) is 0.692. The Morgan fingerprint density at radius 2 is 2.00 bits per heavy atom. The lowest BCUT2D eigenvalue weighted by Gasteiger charge is -2.33. The van der Waals surface area contributed by atoms with E-state index in [1.54, 1.807) is 23.2 Å². The lowest BCUT2D eigenvalue weighted by Crippen LogP contribution is -2.53. The van der Waals surface area contributed by atoms with Gasteiger partial charge in [0.25, 0.3) is 5.91 Å². The summed E-state index contributed by atoms with van der Waals surface area (Å²) in [5.41, 5.74) is 0.295. The van der Waals surface area contributed by atoms with Gasteiger partial charge in [0, 0.05) is 64.7 Å². The van der Waals surface area contributed by atoms with Crippen molar-refractivity contribution >= 4 is 17.7 Å². The predicted octanol–water partition coefficient (Wildman–Crippen LogP) is 1.54. The van der Waals surface area contributed by atoms with Crippen LogP contribution < -0.4 is 5.32 Å². The van der Waals surface area contributed by atoms with E-state index in [2.05, 4.69) is 31.1 Å². The van der Waals surface area contributed by atoms with Crippen LogP contribution in [0.2, 0.25) is 0 Å². The van der Waals surface area contributed by atoms with Gasteiger partial charge in [-0.3, -0.25) is 19.4 Å². The summed E-state index contributed by atoms with van der Waals surface area (Å²) in [7, 11) is 0. The Labute approximate surface area is 208 Å². The van der Waals surface area contributed by atoms with E-state index >= 15 is 0 Å². The molecule has 1 N–H and O–H groups in total. The topological polar surface area (TPSA) is 95.1 Å². The van der Waals surface area contributed by atoms with E-state index in [1.165, 1.54) is 6.20 Å². The monoisotopic (exact) mass is 485 g/mol. The smallest absolute Gasteiger partial charge is 0.256 e. The van der Waals surface area contributed by atoms with Gasteiger partial charge >= 0.3 is 0 Å². The molecule has 35 heavy (non-hydrogen) atoms. The van der Waals surface area contributed by atoms with Crippen LogP contribution in [0.25, 0.3) is 0 Å². The van der Waals surface area contributed by atoms with E-state index in [1.807, 2.05) is 9.80 Å². The fourth-order valence-electron chi connectivity index (χ4n) is 5.27. The molecule has 4 heterocycles. The third kappa shape index (κ3) is 6.38. The van der Waals surface area contributed by atoms with Crippen molar-refractivity contribution in [3.8, 4) is 0 Å². The van der Waals surface area contributed by atoms with Gasteiger partial charge in [-0.05, 0) is 36.8 Å². The number of pyridine rings is 1. The van der Waals surface area contributed by atoms with Gasteiger partial charge < -0.3 is 24.8 Å². The average molecular weight is 486 g/mol. The van der Waals surface area contributed by atoms with Crippen molar-refractivity contribution in [2.45, 2.75) is 64.6 Å². The number of piperazine rings is 1. The Bertz CT molecular complexity index is 891. The summed E-state index contributed by atoms with van der Waals surface area (Å²) in [4.78, 5) is 50.2. The van der Waals surface area contributed by atoms with Crippen molar-refractivity contribution in [1.82, 2.24) is 25.0 Å². The van der Waals surface area contributed by atoms with Crippen molar-refractivity contribution < 1.29 is 19.1 Å². The standard InChI is InChI=1S/C26H39N5O4/c1-26(2,3)15-23(32)30(18-21-7-5-13-35-21)20-14-22(25(34)29-11-9-27-10-12-29)31(17-20)24(33)19-6-4-8-28-16-19/h4,6,8,16,20-22,27H,5,7,9-15,17-18H2,1-3H3. The highest BCUT2D eigenvalue weighted by atomic mass is 16.5. The predicted molar refractivity (Wildman–Crippen MR) is 132 cm³/mol. The van der Waals surface area contributed by atoms with Crippen molar-refractivity contribution in [2.24, 2.45) is 5.41 Å². The molecule has 9 nitrogen and oxygen atoms in total. The molecule has 0 radical (unpaired) electrons. The Balaban J connectivity index is 1.60. The molecule has 9 heteroatoms. The van der Waals surface area contributed by atoms with Crippen LogP contribution in [0.1, 0.15) is 56.8 Å². The fourth-order valence-corrected chi connectivity index (χ4v) is 5.27. The minimum atomic E-state index is -0.597. The largest absolute Gasteiger partial charge is 0.376 e. The zero-order chi connectivity index (χ0) is 25.0. The lowest BCUT2D eigenvalue weighted by atomic mass is 9.91. The Morgan fingerprint density at radius 1 is 1.23 bits per heavy atom. The first-order valence-corrected chi connectivity index (χ1v) is 12.8. The van der Waals surface area contributed by atoms with Crippen LogP contribution in [0.5, 0.6) is 0 Å². The highest BCUT2D eigenvalue weighted by Crippen LogP contribution is 2.30. The number of ether oxygens (including phenoxy) is 1. The molecular weight excluding hydrogens is 446 g/mol. The van der Waals surface area contributed by atoms with E-state index in [-0.39, 0.29) is 35.3 Å². The number of hydrogen-bond acceptors (Lipinski definition) is 6. The molecule has 0 aromatic carbocycles. The number of carbonyl (C=O) groups excluding carboxylic acids is 3. The summed E-state index contributed by atoms with van der Waals surface area (Å²) < 4.78 is 5.87. The van der Waals surface area contributed by atoms with Crippen molar-refractivity contribution in [3.05, 3.63) is 30.1 Å². The molecule has 192 valence electrons. The number of nitrogens with one attached hydrogen (secondary N) is 1. The lowest BCUT2D eigenvalue weighted by molar-refractivity contribution is -0.138. The molecule has 0 bridgehead atoms. The van der Waals surface area contributed by atoms with E-state index in [4.69, 9.17) is 4.74 Å². The van der Waals surface area contributed by atoms with Gasteiger partial charge in [0.15, 0.2) is 0 Å². The van der Waals surface area contributed by atoms with Gasteiger partial charge in [-0.2, -0.15) is 0 Å². The summed E-state index contributed by atoms with van der Waals surface area (Å²) in [5, 5.41) is 3.27. The molecule has 4 rings (SSSR count). The summed E-state index contributed by atoms with van der Waals surface area (Å²) in [6.45, 7) is 10.4. The first-order chi connectivity index (χ1) is 16.7. The van der Waals surface area contributed by atoms with Crippen molar-refractivity contribution in [3.63, 3.8) is 0 Å². The van der Waals surface area contributed by atoms with Crippen LogP contribution in [0, 0.1) is 5.41 Å². The molecule has 3 fully saturated rings. The van der Waals surface area contributed by atoms with Crippen LogP contribution >= 0.6 is 0 Å². The Hall–Kier alpha value is -2.52. The zero-order valence-electron chi connectivity index (χ0n) is 21.2. The Morgan fingerprint density at radius 3 is 2.63 bits per heavy atom. The van der Waals surface area contributed by atoms with Crippen LogP contribution in [-0.2, 0) is 14.3 Å². The third-order valence-electron chi connectivity index (χ3n) is 7.03. The minimum absolute atomic E-state index is 0.00399. The molecule has 0 saturated carbocycles. The van der Waals surface area contributed by atoms with Crippen molar-refractivity contribution in [2.75, 3.05) is 45.9 Å². The first-order valence-electron chi connectivity index (χ1n) is 12.8. The maximum atomic E-state index is 13.6. The van der Waals surface area contributed by atoms with Gasteiger partial charge in [-0.25, -0.2) is 0 Å². The zero-order valence-corrected chi connectivity index (χ0v) is 21.2. The average Bonchev–Trinajstić information content (AvgIpc) is 3.52. The van der Waals surface area contributed by atoms with Crippen LogP contribution in [0.3, 0.4) is 0 Å². The number of likely N-dealkylation sites (tertiary alicyclic amines) is 1. The summed E-state index contributed by atoms with van der Waals surface area (Å²) >= 11 is 0. The number of nitrogens with zero attached hydrogens (tertiary/aromatic N) is 4. The molecule has 0 spiro atoms. The summed E-state index contributed by atoms with van der Waals surface area (Å²) in [5.74, 6) is -0.192. The normalized spacial score (nSPS) is 25.1. The summed E-state index contributed by atoms with van der Waals surface area (Å²) in [6.07, 6.45) is 5.93. The maximum Gasteiger partial charge on any atom is 0.256 e. The van der Waals surface area contributed by atoms with Gasteiger partial charge in [-0.15, -0.1) is 0 Å². The molecule has 3 atom stereocenters. The highest BCUT2D eigenvalue weighted by molar-refractivity contribution is 5.98. The quantitative estimate of drug-likeness (QED) is 0.657. The Kier molecular flexibility index (Phi) is 8.06.